The molecule has 9 nitrogen and oxygen atoms in total. The van der Waals surface area contributed by atoms with E-state index in [4.69, 9.17) is 16.2 Å². The first-order valence-electron chi connectivity index (χ1n) is 12.0. The van der Waals surface area contributed by atoms with E-state index in [9.17, 15) is 23.2 Å². The van der Waals surface area contributed by atoms with E-state index in [1.807, 2.05) is 0 Å². The Morgan fingerprint density at radius 1 is 1.02 bits per heavy atom. The summed E-state index contributed by atoms with van der Waals surface area (Å²) in [6.45, 7) is 1.28. The Bertz CT molecular complexity index is 1530. The molecule has 0 spiro atoms. The van der Waals surface area contributed by atoms with Crippen LogP contribution in [0, 0.1) is 11.6 Å². The summed E-state index contributed by atoms with van der Waals surface area (Å²) < 4.78 is 32.6. The molecule has 12 heteroatoms. The monoisotopic (exact) mass is 565 g/mol. The van der Waals surface area contributed by atoms with Crippen LogP contribution in [0.5, 0.6) is 5.75 Å². The highest BCUT2D eigenvalue weighted by atomic mass is 32.1. The van der Waals surface area contributed by atoms with E-state index in [2.05, 4.69) is 10.3 Å². The third-order valence-corrected chi connectivity index (χ3v) is 6.95. The molecule has 0 radical (unpaired) electrons. The lowest BCUT2D eigenvalue weighted by Crippen LogP contribution is -2.39. The summed E-state index contributed by atoms with van der Waals surface area (Å²) in [7, 11) is 0. The Labute approximate surface area is 232 Å². The van der Waals surface area contributed by atoms with Crippen LogP contribution < -0.4 is 26.4 Å². The number of anilines is 3. The fourth-order valence-electron chi connectivity index (χ4n) is 3.68. The van der Waals surface area contributed by atoms with Gasteiger partial charge in [0, 0.05) is 23.4 Å². The van der Waals surface area contributed by atoms with Crippen molar-refractivity contribution in [3.05, 3.63) is 100 Å². The van der Waals surface area contributed by atoms with Crippen LogP contribution in [-0.4, -0.2) is 35.2 Å². The Morgan fingerprint density at radius 3 is 2.35 bits per heavy atom. The number of nitrogen functional groups attached to an aromatic ring is 1. The minimum absolute atomic E-state index is 0.0252. The summed E-state index contributed by atoms with van der Waals surface area (Å²) in [6, 6.07) is 16.7. The number of hydrogen-bond donors (Lipinski definition) is 3. The molecular weight excluding hydrogens is 540 g/mol. The van der Waals surface area contributed by atoms with Gasteiger partial charge in [0.25, 0.3) is 5.91 Å². The second-order valence-electron chi connectivity index (χ2n) is 8.65. The number of primary amides is 1. The van der Waals surface area contributed by atoms with Gasteiger partial charge in [-0.3, -0.25) is 14.4 Å². The van der Waals surface area contributed by atoms with E-state index >= 15 is 0 Å². The van der Waals surface area contributed by atoms with Gasteiger partial charge in [0.05, 0.1) is 0 Å². The molecule has 2 amide bonds. The average molecular weight is 566 g/mol. The van der Waals surface area contributed by atoms with Crippen LogP contribution in [0.3, 0.4) is 0 Å². The van der Waals surface area contributed by atoms with Crippen LogP contribution >= 0.6 is 11.3 Å². The fourth-order valence-corrected chi connectivity index (χ4v) is 4.73. The van der Waals surface area contributed by atoms with Gasteiger partial charge in [0.15, 0.2) is 11.7 Å². The summed E-state index contributed by atoms with van der Waals surface area (Å²) in [4.78, 5) is 43.2. The quantitative estimate of drug-likeness (QED) is 0.234. The van der Waals surface area contributed by atoms with E-state index in [0.717, 1.165) is 11.3 Å². The molecule has 0 saturated heterocycles. The molecule has 3 aromatic carbocycles. The number of carbonyl (C=O) groups excluding carboxylic acids is 3. The van der Waals surface area contributed by atoms with Crippen molar-refractivity contribution >= 4 is 45.6 Å². The van der Waals surface area contributed by atoms with E-state index in [-0.39, 0.29) is 34.5 Å². The first-order chi connectivity index (χ1) is 19.1. The highest BCUT2D eigenvalue weighted by Crippen LogP contribution is 2.36. The van der Waals surface area contributed by atoms with Gasteiger partial charge in [0.1, 0.15) is 34.1 Å². The number of nitrogens with two attached hydrogens (primary N) is 2. The third-order valence-electron chi connectivity index (χ3n) is 5.88. The van der Waals surface area contributed by atoms with Crippen LogP contribution in [0.25, 0.3) is 0 Å². The maximum absolute atomic E-state index is 13.7. The zero-order chi connectivity index (χ0) is 28.8. The van der Waals surface area contributed by atoms with Gasteiger partial charge in [-0.2, -0.15) is 0 Å². The smallest absolute Gasteiger partial charge is 0.258 e. The molecule has 1 aromatic heterocycles. The number of thiazole rings is 1. The summed E-state index contributed by atoms with van der Waals surface area (Å²) in [5, 5.41) is 2.82. The van der Waals surface area contributed by atoms with E-state index in [0.29, 0.717) is 17.0 Å². The maximum atomic E-state index is 13.7. The molecule has 0 fully saturated rings. The van der Waals surface area contributed by atoms with Crippen LogP contribution in [0.4, 0.5) is 25.4 Å². The Morgan fingerprint density at radius 2 is 1.70 bits per heavy atom. The normalized spacial score (nSPS) is 11.5. The molecule has 0 aliphatic heterocycles. The van der Waals surface area contributed by atoms with Crippen LogP contribution in [-0.2, 0) is 16.1 Å². The molecule has 1 atom stereocenters. The van der Waals surface area contributed by atoms with Gasteiger partial charge in [0.2, 0.25) is 11.7 Å². The molecule has 5 N–H and O–H groups in total. The molecule has 206 valence electrons. The van der Waals surface area contributed by atoms with Crippen molar-refractivity contribution in [2.45, 2.75) is 19.5 Å². The van der Waals surface area contributed by atoms with E-state index < -0.39 is 35.3 Å². The van der Waals surface area contributed by atoms with Crippen molar-refractivity contribution in [1.29, 1.82) is 0 Å². The summed E-state index contributed by atoms with van der Waals surface area (Å²) in [5.41, 5.74) is 12.7. The minimum Gasteiger partial charge on any atom is -0.484 e. The van der Waals surface area contributed by atoms with Crippen molar-refractivity contribution < 1.29 is 27.9 Å². The lowest BCUT2D eigenvalue weighted by Gasteiger charge is -2.26. The first kappa shape index (κ1) is 28.2. The van der Waals surface area contributed by atoms with E-state index in [1.165, 1.54) is 59.5 Å². The second kappa shape index (κ2) is 12.3. The Kier molecular flexibility index (Phi) is 8.70. The number of amides is 2. The number of carbonyl (C=O) groups is 3. The number of benzene rings is 3. The zero-order valence-electron chi connectivity index (χ0n) is 21.3. The van der Waals surface area contributed by atoms with Crippen molar-refractivity contribution in [1.82, 2.24) is 10.3 Å². The van der Waals surface area contributed by atoms with Crippen LogP contribution in [0.1, 0.15) is 27.7 Å². The van der Waals surface area contributed by atoms with Gasteiger partial charge >= 0.3 is 0 Å². The van der Waals surface area contributed by atoms with Crippen LogP contribution in [0.2, 0.25) is 0 Å². The summed E-state index contributed by atoms with van der Waals surface area (Å²) in [5.74, 6) is -2.08. The van der Waals surface area contributed by atoms with Crippen molar-refractivity contribution in [2.24, 2.45) is 5.73 Å². The molecule has 1 heterocycles. The highest BCUT2D eigenvalue weighted by molar-refractivity contribution is 7.18. The van der Waals surface area contributed by atoms with Gasteiger partial charge < -0.3 is 26.4 Å². The van der Waals surface area contributed by atoms with Gasteiger partial charge in [-0.25, -0.2) is 13.8 Å². The zero-order valence-corrected chi connectivity index (χ0v) is 22.1. The number of halogens is 2. The third kappa shape index (κ3) is 6.59. The lowest BCUT2D eigenvalue weighted by molar-refractivity contribution is -0.123. The number of hydrogen-bond acceptors (Lipinski definition) is 8. The van der Waals surface area contributed by atoms with Gasteiger partial charge in [-0.05, 0) is 61.5 Å². The predicted molar refractivity (Wildman–Crippen MR) is 147 cm³/mol. The predicted octanol–water partition coefficient (Wildman–Crippen LogP) is 3.94. The van der Waals surface area contributed by atoms with Crippen molar-refractivity contribution in [3.8, 4) is 5.75 Å². The number of ketones is 1. The average Bonchev–Trinajstić information content (AvgIpc) is 3.33. The van der Waals surface area contributed by atoms with Gasteiger partial charge in [-0.1, -0.05) is 29.5 Å². The first-order valence-corrected chi connectivity index (χ1v) is 12.8. The lowest BCUT2D eigenvalue weighted by atomic mass is 10.1. The molecule has 1 unspecified atom stereocenters. The number of rotatable bonds is 11. The molecule has 0 bridgehead atoms. The number of nitrogens with one attached hydrogen (secondary N) is 1. The number of aromatic nitrogens is 1. The van der Waals surface area contributed by atoms with Crippen molar-refractivity contribution in [2.75, 3.05) is 17.2 Å². The SMILES string of the molecule is CC(C(N)=O)N(c1ccc(F)cc1)c1nc(N)c(C(=O)c2ccc(OCC(=O)NCc3ccccc3F)cc2)s1. The fraction of sp³-hybridized carbons (Fsp3) is 0.143. The largest absolute Gasteiger partial charge is 0.484 e. The Balaban J connectivity index is 1.43. The number of nitrogens with zero attached hydrogens (tertiary/aromatic N) is 2. The molecule has 4 rings (SSSR count). The summed E-state index contributed by atoms with van der Waals surface area (Å²) >= 11 is 0.966. The molecule has 0 aliphatic rings. The number of ether oxygens (including phenoxy) is 1. The summed E-state index contributed by atoms with van der Waals surface area (Å²) in [6.07, 6.45) is 0. The maximum Gasteiger partial charge on any atom is 0.258 e. The molecule has 0 aliphatic carbocycles. The van der Waals surface area contributed by atoms with E-state index in [1.54, 1.807) is 25.1 Å². The highest BCUT2D eigenvalue weighted by Gasteiger charge is 2.27. The molecular formula is C28H25F2N5O4S. The molecule has 4 aromatic rings. The second-order valence-corrected chi connectivity index (χ2v) is 9.62. The standard InChI is InChI=1S/C28H25F2N5O4S/c1-16(27(32)38)35(20-10-8-19(29)9-11-20)28-34-26(31)25(40-28)24(37)17-6-12-21(13-7-17)39-15-23(36)33-14-18-4-2-3-5-22(18)30/h2-13,16H,14-15,31H2,1H3,(H2,32,38)(H,33,36). The van der Waals surface area contributed by atoms with Crippen molar-refractivity contribution in [3.63, 3.8) is 0 Å². The van der Waals surface area contributed by atoms with Gasteiger partial charge in [-0.15, -0.1) is 0 Å². The topological polar surface area (TPSA) is 141 Å². The minimum atomic E-state index is -0.862. The Hall–Kier alpha value is -4.84. The molecule has 40 heavy (non-hydrogen) atoms. The molecule has 0 saturated carbocycles. The van der Waals surface area contributed by atoms with Crippen LogP contribution in [0.15, 0.2) is 72.8 Å².